The Morgan fingerprint density at radius 1 is 1.35 bits per heavy atom. The number of unbranched alkanes of at least 4 members (excludes halogenated alkanes) is 1. The van der Waals surface area contributed by atoms with Gasteiger partial charge in [0.15, 0.2) is 0 Å². The molecule has 0 aliphatic rings. The number of aromatic nitrogens is 2. The zero-order chi connectivity index (χ0) is 14.5. The second-order valence-corrected chi connectivity index (χ2v) is 6.83. The van der Waals surface area contributed by atoms with Crippen molar-refractivity contribution in [3.8, 4) is 0 Å². The van der Waals surface area contributed by atoms with Crippen molar-refractivity contribution in [3.63, 3.8) is 0 Å². The van der Waals surface area contributed by atoms with Crippen LogP contribution in [-0.2, 0) is 6.42 Å². The average molecular weight is 291 g/mol. The van der Waals surface area contributed by atoms with E-state index in [1.54, 1.807) is 0 Å². The van der Waals surface area contributed by atoms with Crippen LogP contribution in [0.1, 0.15) is 48.2 Å². The number of anilines is 1. The van der Waals surface area contributed by atoms with Crippen LogP contribution in [0.4, 0.5) is 5.95 Å². The van der Waals surface area contributed by atoms with E-state index in [-0.39, 0.29) is 0 Å². The van der Waals surface area contributed by atoms with Crippen LogP contribution >= 0.6 is 11.3 Å². The summed E-state index contributed by atoms with van der Waals surface area (Å²) in [7, 11) is 0. The molecule has 2 heterocycles. The van der Waals surface area contributed by atoms with Gasteiger partial charge >= 0.3 is 0 Å². The van der Waals surface area contributed by atoms with Gasteiger partial charge in [-0.05, 0) is 39.3 Å². The molecule has 0 saturated heterocycles. The highest BCUT2D eigenvalue weighted by Gasteiger charge is 2.13. The van der Waals surface area contributed by atoms with E-state index < -0.39 is 0 Å². The lowest BCUT2D eigenvalue weighted by Crippen LogP contribution is -2.13. The normalized spacial score (nSPS) is 12.6. The summed E-state index contributed by atoms with van der Waals surface area (Å²) >= 11 is 1.89. The number of rotatable bonds is 7. The molecule has 20 heavy (non-hydrogen) atoms. The molecular formula is C16H25N3S. The minimum absolute atomic E-state index is 0.429. The van der Waals surface area contributed by atoms with Crippen molar-refractivity contribution < 1.29 is 0 Å². The van der Waals surface area contributed by atoms with Gasteiger partial charge in [-0.1, -0.05) is 13.3 Å². The lowest BCUT2D eigenvalue weighted by atomic mass is 10.2. The van der Waals surface area contributed by atoms with E-state index in [4.69, 9.17) is 0 Å². The highest BCUT2D eigenvalue weighted by molar-refractivity contribution is 7.11. The van der Waals surface area contributed by atoms with Gasteiger partial charge in [0, 0.05) is 35.0 Å². The summed E-state index contributed by atoms with van der Waals surface area (Å²) in [4.78, 5) is 7.44. The minimum Gasteiger partial charge on any atom is -0.356 e. The summed E-state index contributed by atoms with van der Waals surface area (Å²) < 4.78 is 2.28. The molecule has 1 unspecified atom stereocenters. The molecule has 0 saturated carbocycles. The second kappa shape index (κ2) is 6.93. The van der Waals surface area contributed by atoms with Crippen LogP contribution in [0.15, 0.2) is 18.3 Å². The van der Waals surface area contributed by atoms with Gasteiger partial charge in [-0.3, -0.25) is 0 Å². The zero-order valence-corrected chi connectivity index (χ0v) is 13.8. The van der Waals surface area contributed by atoms with Gasteiger partial charge in [0.25, 0.3) is 0 Å². The van der Waals surface area contributed by atoms with Crippen LogP contribution in [0.3, 0.4) is 0 Å². The first kappa shape index (κ1) is 15.1. The predicted molar refractivity (Wildman–Crippen MR) is 87.8 cm³/mol. The van der Waals surface area contributed by atoms with Crippen LogP contribution in [0.5, 0.6) is 0 Å². The largest absolute Gasteiger partial charge is 0.356 e. The van der Waals surface area contributed by atoms with Crippen molar-refractivity contribution in [2.24, 2.45) is 0 Å². The minimum atomic E-state index is 0.429. The van der Waals surface area contributed by atoms with Crippen LogP contribution < -0.4 is 5.32 Å². The topological polar surface area (TPSA) is 29.9 Å². The Balaban J connectivity index is 2.06. The molecule has 1 N–H and O–H groups in total. The zero-order valence-electron chi connectivity index (χ0n) is 12.9. The van der Waals surface area contributed by atoms with Gasteiger partial charge in [-0.15, -0.1) is 11.3 Å². The fourth-order valence-corrected chi connectivity index (χ4v) is 3.35. The molecule has 2 rings (SSSR count). The van der Waals surface area contributed by atoms with E-state index in [9.17, 15) is 0 Å². The van der Waals surface area contributed by atoms with E-state index in [0.29, 0.717) is 6.04 Å². The smallest absolute Gasteiger partial charge is 0.203 e. The Bertz CT molecular complexity index is 542. The van der Waals surface area contributed by atoms with Crippen molar-refractivity contribution in [3.05, 3.63) is 33.8 Å². The van der Waals surface area contributed by atoms with E-state index in [1.807, 2.05) is 11.3 Å². The molecule has 0 bridgehead atoms. The van der Waals surface area contributed by atoms with Crippen molar-refractivity contribution in [2.75, 3.05) is 11.9 Å². The SMILES string of the molecule is CCCCNc1nc(C)cn1C(C)Cc1ccc(C)s1. The molecule has 0 amide bonds. The molecule has 0 aliphatic carbocycles. The molecule has 4 heteroatoms. The third kappa shape index (κ3) is 3.85. The molecule has 2 aromatic rings. The lowest BCUT2D eigenvalue weighted by molar-refractivity contribution is 0.552. The van der Waals surface area contributed by atoms with Crippen LogP contribution in [0.2, 0.25) is 0 Å². The number of hydrogen-bond acceptors (Lipinski definition) is 3. The molecule has 0 spiro atoms. The summed E-state index contributed by atoms with van der Waals surface area (Å²) in [6.45, 7) is 9.70. The van der Waals surface area contributed by atoms with Crippen LogP contribution in [-0.4, -0.2) is 16.1 Å². The quantitative estimate of drug-likeness (QED) is 0.757. The monoisotopic (exact) mass is 291 g/mol. The van der Waals surface area contributed by atoms with Crippen molar-refractivity contribution in [2.45, 2.75) is 53.0 Å². The Kier molecular flexibility index (Phi) is 5.24. The number of aryl methyl sites for hydroxylation is 2. The molecule has 0 aromatic carbocycles. The van der Waals surface area contributed by atoms with E-state index >= 15 is 0 Å². The van der Waals surface area contributed by atoms with Crippen molar-refractivity contribution in [1.82, 2.24) is 9.55 Å². The molecule has 0 fully saturated rings. The summed E-state index contributed by atoms with van der Waals surface area (Å²) in [5.41, 5.74) is 1.08. The van der Waals surface area contributed by atoms with Crippen LogP contribution in [0, 0.1) is 13.8 Å². The first-order valence-electron chi connectivity index (χ1n) is 7.44. The molecule has 3 nitrogen and oxygen atoms in total. The summed E-state index contributed by atoms with van der Waals surface area (Å²) in [6.07, 6.45) is 5.61. The number of nitrogens with one attached hydrogen (secondary N) is 1. The molecule has 1 atom stereocenters. The van der Waals surface area contributed by atoms with Gasteiger partial charge in [0.05, 0.1) is 5.69 Å². The Morgan fingerprint density at radius 3 is 2.80 bits per heavy atom. The average Bonchev–Trinajstić information content (AvgIpc) is 2.96. The first-order chi connectivity index (χ1) is 9.60. The predicted octanol–water partition coefficient (Wildman–Crippen LogP) is 4.58. The Morgan fingerprint density at radius 2 is 2.15 bits per heavy atom. The summed E-state index contributed by atoms with van der Waals surface area (Å²) in [5.74, 6) is 1.01. The fraction of sp³-hybridized carbons (Fsp3) is 0.562. The van der Waals surface area contributed by atoms with E-state index in [0.717, 1.165) is 24.6 Å². The number of hydrogen-bond donors (Lipinski definition) is 1. The standard InChI is InChI=1S/C16H25N3S/c1-5-6-9-17-16-18-12(2)11-19(16)13(3)10-15-8-7-14(4)20-15/h7-8,11,13H,5-6,9-10H2,1-4H3,(H,17,18). The van der Waals surface area contributed by atoms with Gasteiger partial charge in [-0.25, -0.2) is 4.98 Å². The summed E-state index contributed by atoms with van der Waals surface area (Å²) in [6, 6.07) is 4.87. The molecule has 0 aliphatic heterocycles. The van der Waals surface area contributed by atoms with Crippen molar-refractivity contribution in [1.29, 1.82) is 0 Å². The third-order valence-electron chi connectivity index (χ3n) is 3.43. The number of nitrogens with zero attached hydrogens (tertiary/aromatic N) is 2. The molecule has 2 aromatic heterocycles. The maximum Gasteiger partial charge on any atom is 0.203 e. The van der Waals surface area contributed by atoms with Gasteiger partial charge in [0.2, 0.25) is 5.95 Å². The number of thiophene rings is 1. The second-order valence-electron chi connectivity index (χ2n) is 5.46. The Hall–Kier alpha value is -1.29. The van der Waals surface area contributed by atoms with E-state index in [2.05, 4.69) is 60.9 Å². The maximum atomic E-state index is 4.61. The van der Waals surface area contributed by atoms with Gasteiger partial charge in [-0.2, -0.15) is 0 Å². The molecule has 0 radical (unpaired) electrons. The summed E-state index contributed by atoms with van der Waals surface area (Å²) in [5, 5.41) is 3.46. The lowest BCUT2D eigenvalue weighted by Gasteiger charge is -2.16. The molecular weight excluding hydrogens is 266 g/mol. The third-order valence-corrected chi connectivity index (χ3v) is 4.46. The fourth-order valence-electron chi connectivity index (χ4n) is 2.34. The maximum absolute atomic E-state index is 4.61. The highest BCUT2D eigenvalue weighted by atomic mass is 32.1. The van der Waals surface area contributed by atoms with Crippen LogP contribution in [0.25, 0.3) is 0 Å². The van der Waals surface area contributed by atoms with Gasteiger partial charge < -0.3 is 9.88 Å². The molecule has 110 valence electrons. The van der Waals surface area contributed by atoms with E-state index in [1.165, 1.54) is 22.6 Å². The van der Waals surface area contributed by atoms with Crippen molar-refractivity contribution >= 4 is 17.3 Å². The first-order valence-corrected chi connectivity index (χ1v) is 8.26. The number of imidazole rings is 1. The van der Waals surface area contributed by atoms with Gasteiger partial charge in [0.1, 0.15) is 0 Å². The highest BCUT2D eigenvalue weighted by Crippen LogP contribution is 2.24. The Labute approximate surface area is 126 Å².